The monoisotopic (exact) mass is 629 g/mol. The highest BCUT2D eigenvalue weighted by Crippen LogP contribution is 2.50. The summed E-state index contributed by atoms with van der Waals surface area (Å²) < 4.78 is 37.1. The van der Waals surface area contributed by atoms with Gasteiger partial charge in [-0.25, -0.2) is 14.2 Å². The Hall–Kier alpha value is -4.12. The molecule has 1 N–H and O–H groups in total. The Balaban J connectivity index is 1.00. The van der Waals surface area contributed by atoms with Gasteiger partial charge in [0.2, 0.25) is 0 Å². The fourth-order valence-corrected chi connectivity index (χ4v) is 7.00. The first-order valence-corrected chi connectivity index (χ1v) is 15.8. The Kier molecular flexibility index (Phi) is 6.96. The van der Waals surface area contributed by atoms with Crippen LogP contribution in [0.15, 0.2) is 71.8 Å². The Bertz CT molecular complexity index is 1960. The average Bonchev–Trinajstić information content (AvgIpc) is 3.69. The van der Waals surface area contributed by atoms with Crippen molar-refractivity contribution < 1.29 is 18.6 Å². The van der Waals surface area contributed by atoms with E-state index in [9.17, 15) is 9.18 Å². The molecule has 9 nitrogen and oxygen atoms in total. The maximum Gasteiger partial charge on any atom is 0.330 e. The highest BCUT2D eigenvalue weighted by Gasteiger charge is 2.43. The first-order chi connectivity index (χ1) is 21.8. The van der Waals surface area contributed by atoms with Crippen molar-refractivity contribution >= 4 is 22.6 Å². The first-order valence-electron chi connectivity index (χ1n) is 15.4. The van der Waals surface area contributed by atoms with E-state index in [1.807, 2.05) is 30.3 Å². The van der Waals surface area contributed by atoms with Crippen molar-refractivity contribution in [3.8, 4) is 17.2 Å². The molecule has 2 aromatic heterocycles. The van der Waals surface area contributed by atoms with Crippen molar-refractivity contribution in [2.75, 3.05) is 19.7 Å². The quantitative estimate of drug-likeness (QED) is 0.233. The van der Waals surface area contributed by atoms with E-state index in [2.05, 4.69) is 20.5 Å². The van der Waals surface area contributed by atoms with Gasteiger partial charge in [0.05, 0.1) is 41.5 Å². The van der Waals surface area contributed by atoms with Gasteiger partial charge < -0.3 is 23.8 Å². The smallest absolute Gasteiger partial charge is 0.330 e. The van der Waals surface area contributed by atoms with Gasteiger partial charge in [0.25, 0.3) is 5.79 Å². The second kappa shape index (κ2) is 11.0. The van der Waals surface area contributed by atoms with Crippen LogP contribution in [0, 0.1) is 5.82 Å². The van der Waals surface area contributed by atoms with E-state index >= 15 is 0 Å². The minimum Gasteiger partial charge on any atom is -0.444 e. The third-order valence-electron chi connectivity index (χ3n) is 9.34. The molecule has 0 aliphatic carbocycles. The number of hydrogen-bond acceptors (Lipinski definition) is 6. The van der Waals surface area contributed by atoms with Gasteiger partial charge in [-0.3, -0.25) is 9.47 Å². The summed E-state index contributed by atoms with van der Waals surface area (Å²) in [6.45, 7) is 5.80. The highest BCUT2D eigenvalue weighted by atomic mass is 35.5. The molecular formula is C34H33ClFN5O4. The zero-order valence-corrected chi connectivity index (χ0v) is 25.6. The number of likely N-dealkylation sites (tertiary alicyclic amines) is 1. The first kappa shape index (κ1) is 28.4. The van der Waals surface area contributed by atoms with Crippen LogP contribution >= 0.6 is 11.6 Å². The molecule has 5 heterocycles. The molecule has 0 spiro atoms. The predicted molar refractivity (Wildman–Crippen MR) is 168 cm³/mol. The lowest BCUT2D eigenvalue weighted by Crippen LogP contribution is -2.35. The van der Waals surface area contributed by atoms with E-state index in [-0.39, 0.29) is 17.7 Å². The third kappa shape index (κ3) is 5.10. The Morgan fingerprint density at radius 1 is 1.09 bits per heavy atom. The molecule has 2 fully saturated rings. The van der Waals surface area contributed by atoms with Crippen molar-refractivity contribution in [1.82, 2.24) is 24.0 Å². The number of rotatable bonds is 7. The number of ether oxygens (including phenoxy) is 3. The number of piperidine rings is 1. The van der Waals surface area contributed by atoms with Crippen LogP contribution in [-0.4, -0.2) is 49.8 Å². The molecule has 0 amide bonds. The molecule has 0 bridgehead atoms. The van der Waals surface area contributed by atoms with E-state index < -0.39 is 11.6 Å². The number of nitrogens with zero attached hydrogens (tertiary/aromatic N) is 4. The summed E-state index contributed by atoms with van der Waals surface area (Å²) in [5, 5.41) is 0.327. The minimum atomic E-state index is -1.27. The van der Waals surface area contributed by atoms with Gasteiger partial charge in [-0.1, -0.05) is 23.7 Å². The van der Waals surface area contributed by atoms with Crippen molar-refractivity contribution in [2.24, 2.45) is 0 Å². The van der Waals surface area contributed by atoms with E-state index in [0.717, 1.165) is 73.6 Å². The lowest BCUT2D eigenvalue weighted by Gasteiger charge is -2.33. The zero-order valence-electron chi connectivity index (χ0n) is 24.8. The summed E-state index contributed by atoms with van der Waals surface area (Å²) in [5.41, 5.74) is 3.91. The molecule has 5 aromatic rings. The van der Waals surface area contributed by atoms with Crippen LogP contribution in [0.2, 0.25) is 5.02 Å². The van der Waals surface area contributed by atoms with Gasteiger partial charge in [-0.05, 0) is 80.7 Å². The van der Waals surface area contributed by atoms with Gasteiger partial charge in [0.15, 0.2) is 11.5 Å². The van der Waals surface area contributed by atoms with Crippen LogP contribution in [0.3, 0.4) is 0 Å². The summed E-state index contributed by atoms with van der Waals surface area (Å²) in [5.74, 6) is 0.855. The van der Waals surface area contributed by atoms with Gasteiger partial charge in [0, 0.05) is 36.5 Å². The van der Waals surface area contributed by atoms with Crippen LogP contribution in [0.25, 0.3) is 16.7 Å². The summed E-state index contributed by atoms with van der Waals surface area (Å²) in [6, 6.07) is 16.5. The molecule has 2 unspecified atom stereocenters. The molecule has 3 aromatic carbocycles. The van der Waals surface area contributed by atoms with Gasteiger partial charge in [-0.2, -0.15) is 0 Å². The van der Waals surface area contributed by atoms with Crippen LogP contribution in [0.1, 0.15) is 49.1 Å². The third-order valence-corrected chi connectivity index (χ3v) is 9.58. The topological polar surface area (TPSA) is 86.5 Å². The number of halogens is 2. The number of imidazole rings is 2. The van der Waals surface area contributed by atoms with Crippen LogP contribution < -0.4 is 15.2 Å². The second-order valence-corrected chi connectivity index (χ2v) is 12.7. The van der Waals surface area contributed by atoms with Crippen LogP contribution in [0.5, 0.6) is 11.5 Å². The predicted octanol–water partition coefficient (Wildman–Crippen LogP) is 6.12. The van der Waals surface area contributed by atoms with Gasteiger partial charge in [-0.15, -0.1) is 0 Å². The fraction of sp³-hybridized carbons (Fsp3) is 0.353. The van der Waals surface area contributed by atoms with E-state index in [4.69, 9.17) is 30.8 Å². The van der Waals surface area contributed by atoms with Crippen molar-refractivity contribution in [2.45, 2.75) is 57.1 Å². The standard InChI is InChI=1S/C34H33ClFN5O4/c1-34(26-7-5-22(35)17-27(26)36)44-30-4-2-3-25(32(30)45-34)21-9-13-39(14-10-21)20-31-38-28-18-23(40-15-12-37-33(40)42)6-8-29(28)41(31)19-24-11-16-43-24/h2-8,12,15,17-18,21,24H,9-11,13-14,16,19-20H2,1H3,(H,37,42). The largest absolute Gasteiger partial charge is 0.444 e. The average molecular weight is 630 g/mol. The molecule has 0 saturated carbocycles. The van der Waals surface area contributed by atoms with Crippen molar-refractivity contribution in [3.63, 3.8) is 0 Å². The van der Waals surface area contributed by atoms with Crippen LogP contribution in [-0.2, 0) is 23.6 Å². The molecule has 11 heteroatoms. The molecule has 2 saturated heterocycles. The van der Waals surface area contributed by atoms with E-state index in [0.29, 0.717) is 28.6 Å². The number of nitrogens with one attached hydrogen (secondary N) is 1. The number of H-pyrrole nitrogens is 1. The van der Waals surface area contributed by atoms with E-state index in [1.165, 1.54) is 6.07 Å². The molecule has 45 heavy (non-hydrogen) atoms. The van der Waals surface area contributed by atoms with Crippen molar-refractivity contribution in [3.05, 3.63) is 105 Å². The molecule has 232 valence electrons. The summed E-state index contributed by atoms with van der Waals surface area (Å²) in [7, 11) is 0. The second-order valence-electron chi connectivity index (χ2n) is 12.2. The van der Waals surface area contributed by atoms with E-state index in [1.54, 1.807) is 36.0 Å². The number of para-hydroxylation sites is 1. The number of benzene rings is 3. The Morgan fingerprint density at radius 2 is 1.93 bits per heavy atom. The number of aromatic nitrogens is 4. The minimum absolute atomic E-state index is 0.178. The molecule has 3 aliphatic heterocycles. The Morgan fingerprint density at radius 3 is 2.67 bits per heavy atom. The van der Waals surface area contributed by atoms with Gasteiger partial charge >= 0.3 is 5.69 Å². The molecule has 0 radical (unpaired) electrons. The number of fused-ring (bicyclic) bond motifs is 2. The number of hydrogen-bond donors (Lipinski definition) is 1. The van der Waals surface area contributed by atoms with Crippen molar-refractivity contribution in [1.29, 1.82) is 0 Å². The summed E-state index contributed by atoms with van der Waals surface area (Å²) in [4.78, 5) is 22.4. The summed E-state index contributed by atoms with van der Waals surface area (Å²) in [6.07, 6.45) is 6.47. The summed E-state index contributed by atoms with van der Waals surface area (Å²) >= 11 is 5.99. The lowest BCUT2D eigenvalue weighted by atomic mass is 9.88. The fourth-order valence-electron chi connectivity index (χ4n) is 6.84. The highest BCUT2D eigenvalue weighted by molar-refractivity contribution is 6.30. The lowest BCUT2D eigenvalue weighted by molar-refractivity contribution is -0.0712. The molecular weight excluding hydrogens is 597 g/mol. The SMILES string of the molecule is CC1(c2ccc(Cl)cc2F)Oc2cccc(C3CCN(Cc4nc5cc(-n6cc[nH]c6=O)ccc5n4CC4CCO4)CC3)c2O1. The maximum atomic E-state index is 14.9. The normalized spacial score (nSPS) is 21.8. The Labute approximate surface area is 264 Å². The molecule has 2 atom stereocenters. The maximum absolute atomic E-state index is 14.9. The molecule has 3 aliphatic rings. The zero-order chi connectivity index (χ0) is 30.7. The molecule has 8 rings (SSSR count). The number of aromatic amines is 1. The van der Waals surface area contributed by atoms with Crippen LogP contribution in [0.4, 0.5) is 4.39 Å². The van der Waals surface area contributed by atoms with Gasteiger partial charge in [0.1, 0.15) is 11.6 Å².